The number of pyridine rings is 1. The van der Waals surface area contributed by atoms with Gasteiger partial charge in [-0.05, 0) is 70.1 Å². The SMILES string of the molecule is CC1(C)OB(C23CC(c4ccncc4)(C2)C3)OC1(C)C. The van der Waals surface area contributed by atoms with Crippen LogP contribution in [-0.4, -0.2) is 23.3 Å². The van der Waals surface area contributed by atoms with Crippen molar-refractivity contribution in [1.29, 1.82) is 0 Å². The van der Waals surface area contributed by atoms with Crippen LogP contribution in [0.5, 0.6) is 0 Å². The molecule has 0 radical (unpaired) electrons. The fourth-order valence-electron chi connectivity index (χ4n) is 4.22. The summed E-state index contributed by atoms with van der Waals surface area (Å²) in [6.07, 6.45) is 7.39. The lowest BCUT2D eigenvalue weighted by Crippen LogP contribution is -2.66. The van der Waals surface area contributed by atoms with Gasteiger partial charge in [-0.25, -0.2) is 0 Å². The Morgan fingerprint density at radius 2 is 1.45 bits per heavy atom. The van der Waals surface area contributed by atoms with Crippen LogP contribution in [0.15, 0.2) is 24.5 Å². The summed E-state index contributed by atoms with van der Waals surface area (Å²) >= 11 is 0. The van der Waals surface area contributed by atoms with Crippen LogP contribution in [0.4, 0.5) is 0 Å². The zero-order valence-electron chi connectivity index (χ0n) is 12.8. The van der Waals surface area contributed by atoms with Crippen molar-refractivity contribution < 1.29 is 9.31 Å². The normalized spacial score (nSPS) is 40.1. The highest BCUT2D eigenvalue weighted by Crippen LogP contribution is 2.80. The van der Waals surface area contributed by atoms with Crippen molar-refractivity contribution in [1.82, 2.24) is 4.98 Å². The Hall–Kier alpha value is -0.865. The molecule has 0 amide bonds. The minimum absolute atomic E-state index is 0.0313. The molecule has 3 saturated carbocycles. The summed E-state index contributed by atoms with van der Waals surface area (Å²) in [4.78, 5) is 4.12. The molecule has 1 aliphatic heterocycles. The lowest BCUT2D eigenvalue weighted by atomic mass is 9.23. The molecule has 1 aromatic rings. The summed E-state index contributed by atoms with van der Waals surface area (Å²) in [6, 6.07) is 4.32. The Kier molecular flexibility index (Phi) is 2.23. The summed E-state index contributed by atoms with van der Waals surface area (Å²) in [5.74, 6) is 0. The first-order valence-electron chi connectivity index (χ1n) is 7.55. The molecule has 3 nitrogen and oxygen atoms in total. The average molecular weight is 271 g/mol. The molecular weight excluding hydrogens is 249 g/mol. The van der Waals surface area contributed by atoms with Crippen LogP contribution in [0.1, 0.15) is 52.5 Å². The summed E-state index contributed by atoms with van der Waals surface area (Å²) < 4.78 is 12.5. The molecule has 3 aliphatic carbocycles. The zero-order valence-corrected chi connectivity index (χ0v) is 12.8. The fourth-order valence-corrected chi connectivity index (χ4v) is 4.22. The Morgan fingerprint density at radius 3 is 1.95 bits per heavy atom. The second kappa shape index (κ2) is 3.48. The Balaban J connectivity index is 1.51. The number of hydrogen-bond donors (Lipinski definition) is 0. The monoisotopic (exact) mass is 271 g/mol. The van der Waals surface area contributed by atoms with Crippen LogP contribution in [0.25, 0.3) is 0 Å². The fraction of sp³-hybridized carbons (Fsp3) is 0.688. The lowest BCUT2D eigenvalue weighted by molar-refractivity contribution is -0.0384. The van der Waals surface area contributed by atoms with Crippen LogP contribution >= 0.6 is 0 Å². The van der Waals surface area contributed by atoms with Crippen LogP contribution in [-0.2, 0) is 14.7 Å². The number of nitrogens with zero attached hydrogens (tertiary/aromatic N) is 1. The molecule has 1 saturated heterocycles. The van der Waals surface area contributed by atoms with Gasteiger partial charge in [-0.2, -0.15) is 0 Å². The Morgan fingerprint density at radius 1 is 0.950 bits per heavy atom. The van der Waals surface area contributed by atoms with Crippen molar-refractivity contribution in [2.24, 2.45) is 0 Å². The smallest absolute Gasteiger partial charge is 0.403 e. The molecule has 2 heterocycles. The Labute approximate surface area is 121 Å². The van der Waals surface area contributed by atoms with Crippen LogP contribution in [0, 0.1) is 0 Å². The van der Waals surface area contributed by atoms with Gasteiger partial charge in [0.05, 0.1) is 11.2 Å². The molecule has 0 aromatic carbocycles. The van der Waals surface area contributed by atoms with E-state index in [4.69, 9.17) is 9.31 Å². The van der Waals surface area contributed by atoms with E-state index >= 15 is 0 Å². The highest BCUT2D eigenvalue weighted by atomic mass is 16.7. The molecule has 0 spiro atoms. The van der Waals surface area contributed by atoms with E-state index in [1.165, 1.54) is 24.8 Å². The third-order valence-corrected chi connectivity index (χ3v) is 6.12. The van der Waals surface area contributed by atoms with Gasteiger partial charge in [-0.15, -0.1) is 0 Å². The predicted octanol–water partition coefficient (Wildman–Crippen LogP) is 3.35. The van der Waals surface area contributed by atoms with Crippen molar-refractivity contribution in [3.05, 3.63) is 30.1 Å². The highest BCUT2D eigenvalue weighted by molar-refractivity contribution is 6.51. The van der Waals surface area contributed by atoms with Crippen molar-refractivity contribution in [3.8, 4) is 0 Å². The third kappa shape index (κ3) is 1.42. The minimum atomic E-state index is -0.211. The molecule has 4 heteroatoms. The number of rotatable bonds is 2. The molecule has 5 rings (SSSR count). The molecule has 2 bridgehead atoms. The van der Waals surface area contributed by atoms with Gasteiger partial charge < -0.3 is 9.31 Å². The predicted molar refractivity (Wildman–Crippen MR) is 78.5 cm³/mol. The Bertz CT molecular complexity index is 519. The van der Waals surface area contributed by atoms with Crippen molar-refractivity contribution >= 4 is 7.12 Å². The molecule has 1 aromatic heterocycles. The first-order valence-corrected chi connectivity index (χ1v) is 7.55. The third-order valence-electron chi connectivity index (χ3n) is 6.12. The van der Waals surface area contributed by atoms with Crippen LogP contribution in [0.3, 0.4) is 0 Å². The molecule has 4 fully saturated rings. The quantitative estimate of drug-likeness (QED) is 0.773. The average Bonchev–Trinajstić information content (AvgIpc) is 2.45. The van der Waals surface area contributed by atoms with E-state index in [0.29, 0.717) is 5.41 Å². The van der Waals surface area contributed by atoms with E-state index in [0.717, 1.165) is 0 Å². The van der Waals surface area contributed by atoms with Crippen molar-refractivity contribution in [2.45, 2.75) is 68.9 Å². The van der Waals surface area contributed by atoms with Crippen LogP contribution < -0.4 is 0 Å². The van der Waals surface area contributed by atoms with Gasteiger partial charge in [0.15, 0.2) is 0 Å². The van der Waals surface area contributed by atoms with Crippen LogP contribution in [0.2, 0.25) is 5.31 Å². The first kappa shape index (κ1) is 12.8. The summed E-state index contributed by atoms with van der Waals surface area (Å²) in [5, 5.41) is 0.258. The zero-order chi connectivity index (χ0) is 14.2. The minimum Gasteiger partial charge on any atom is -0.403 e. The van der Waals surface area contributed by atoms with E-state index in [1.807, 2.05) is 12.4 Å². The molecule has 0 N–H and O–H groups in total. The van der Waals surface area contributed by atoms with Crippen molar-refractivity contribution in [3.63, 3.8) is 0 Å². The van der Waals surface area contributed by atoms with E-state index in [-0.39, 0.29) is 23.6 Å². The maximum absolute atomic E-state index is 6.26. The van der Waals surface area contributed by atoms with Gasteiger partial charge in [0.2, 0.25) is 0 Å². The first-order chi connectivity index (χ1) is 9.29. The van der Waals surface area contributed by atoms with Gasteiger partial charge in [-0.1, -0.05) is 0 Å². The molecule has 106 valence electrons. The lowest BCUT2D eigenvalue weighted by Gasteiger charge is -2.71. The summed E-state index contributed by atoms with van der Waals surface area (Å²) in [7, 11) is -0.0313. The summed E-state index contributed by atoms with van der Waals surface area (Å²) in [5.41, 5.74) is 1.39. The van der Waals surface area contributed by atoms with Gasteiger partial charge in [-0.3, -0.25) is 4.98 Å². The second-order valence-electron chi connectivity index (χ2n) is 8.00. The number of aromatic nitrogens is 1. The largest absolute Gasteiger partial charge is 0.464 e. The van der Waals surface area contributed by atoms with E-state index in [2.05, 4.69) is 44.8 Å². The molecule has 0 unspecified atom stereocenters. The van der Waals surface area contributed by atoms with E-state index in [1.54, 1.807) is 0 Å². The topological polar surface area (TPSA) is 31.4 Å². The standard InChI is InChI=1S/C16H22BNO2/c1-13(2)14(3,4)20-17(19-13)16-9-15(10-16,11-16)12-5-7-18-8-6-12/h5-8H,9-11H2,1-4H3. The van der Waals surface area contributed by atoms with Gasteiger partial charge in [0.1, 0.15) is 0 Å². The summed E-state index contributed by atoms with van der Waals surface area (Å²) in [6.45, 7) is 8.54. The molecule has 4 aliphatic rings. The van der Waals surface area contributed by atoms with Crippen molar-refractivity contribution in [2.75, 3.05) is 0 Å². The van der Waals surface area contributed by atoms with Gasteiger partial charge in [0.25, 0.3) is 0 Å². The molecule has 20 heavy (non-hydrogen) atoms. The second-order valence-corrected chi connectivity index (χ2v) is 8.00. The maximum Gasteiger partial charge on any atom is 0.464 e. The van der Waals surface area contributed by atoms with E-state index in [9.17, 15) is 0 Å². The molecular formula is C16H22BNO2. The van der Waals surface area contributed by atoms with Gasteiger partial charge >= 0.3 is 7.12 Å². The van der Waals surface area contributed by atoms with Gasteiger partial charge in [0, 0.05) is 17.7 Å². The van der Waals surface area contributed by atoms with E-state index < -0.39 is 0 Å². The maximum atomic E-state index is 6.26. The highest BCUT2D eigenvalue weighted by Gasteiger charge is 2.76. The molecule has 0 atom stereocenters. The number of hydrogen-bond acceptors (Lipinski definition) is 3.